The first-order valence-corrected chi connectivity index (χ1v) is 7.26. The summed E-state index contributed by atoms with van der Waals surface area (Å²) >= 11 is 0. The second kappa shape index (κ2) is 6.23. The Balaban J connectivity index is 2.13. The highest BCUT2D eigenvalue weighted by Gasteiger charge is 2.14. The number of nitrogens with two attached hydrogens (primary N) is 2. The lowest BCUT2D eigenvalue weighted by Gasteiger charge is -2.25. The number of amides is 1. The Hall–Kier alpha value is -3.27. The van der Waals surface area contributed by atoms with Crippen LogP contribution in [0.25, 0.3) is 0 Å². The van der Waals surface area contributed by atoms with Gasteiger partial charge in [-0.15, -0.1) is 0 Å². The van der Waals surface area contributed by atoms with Gasteiger partial charge in [0.1, 0.15) is 0 Å². The highest BCUT2D eigenvalue weighted by Crippen LogP contribution is 2.35. The molecule has 114 valence electrons. The van der Waals surface area contributed by atoms with E-state index in [4.69, 9.17) is 11.5 Å². The molecule has 0 saturated heterocycles. The summed E-state index contributed by atoms with van der Waals surface area (Å²) in [4.78, 5) is 13.4. The zero-order valence-electron chi connectivity index (χ0n) is 12.5. The van der Waals surface area contributed by atoms with Gasteiger partial charge in [-0.05, 0) is 42.5 Å². The van der Waals surface area contributed by atoms with Gasteiger partial charge in [0.25, 0.3) is 5.91 Å². The summed E-state index contributed by atoms with van der Waals surface area (Å²) in [6, 6.07) is 25.2. The van der Waals surface area contributed by atoms with Crippen LogP contribution in [0.2, 0.25) is 0 Å². The van der Waals surface area contributed by atoms with Gasteiger partial charge < -0.3 is 16.4 Å². The summed E-state index contributed by atoms with van der Waals surface area (Å²) in [7, 11) is 0. The van der Waals surface area contributed by atoms with Crippen LogP contribution in [0.3, 0.4) is 0 Å². The maximum Gasteiger partial charge on any atom is 0.250 e. The number of carbonyl (C=O) groups is 1. The van der Waals surface area contributed by atoms with Crippen molar-refractivity contribution in [2.75, 3.05) is 10.6 Å². The molecule has 0 radical (unpaired) electrons. The number of hydrogen-bond acceptors (Lipinski definition) is 3. The van der Waals surface area contributed by atoms with Crippen LogP contribution in [0.5, 0.6) is 0 Å². The number of primary amides is 1. The molecule has 1 amide bonds. The van der Waals surface area contributed by atoms with Gasteiger partial charge >= 0.3 is 0 Å². The predicted molar refractivity (Wildman–Crippen MR) is 94.1 cm³/mol. The minimum atomic E-state index is -0.528. The Kier molecular flexibility index (Phi) is 3.97. The van der Waals surface area contributed by atoms with Gasteiger partial charge in [-0.3, -0.25) is 4.79 Å². The van der Waals surface area contributed by atoms with Crippen LogP contribution in [0.15, 0.2) is 78.9 Å². The Morgan fingerprint density at radius 1 is 0.739 bits per heavy atom. The van der Waals surface area contributed by atoms with Gasteiger partial charge in [0.05, 0.1) is 5.56 Å². The fraction of sp³-hybridized carbons (Fsp3) is 0. The third-order valence-electron chi connectivity index (χ3n) is 3.59. The van der Waals surface area contributed by atoms with Crippen molar-refractivity contribution in [3.63, 3.8) is 0 Å². The molecule has 0 aliphatic heterocycles. The van der Waals surface area contributed by atoms with Crippen LogP contribution < -0.4 is 16.4 Å². The molecule has 4 heteroatoms. The second-order valence-corrected chi connectivity index (χ2v) is 5.14. The van der Waals surface area contributed by atoms with Crippen molar-refractivity contribution in [1.82, 2.24) is 0 Å². The standard InChI is InChI=1S/C19H17N3O/c20-18-13-16(11-12-17(18)19(21)23)22(14-7-3-1-4-8-14)15-9-5-2-6-10-15/h1-13H,20H2,(H2,21,23). The number of nitrogens with zero attached hydrogens (tertiary/aromatic N) is 1. The van der Waals surface area contributed by atoms with Gasteiger partial charge in [0.15, 0.2) is 0 Å². The summed E-state index contributed by atoms with van der Waals surface area (Å²) in [6.07, 6.45) is 0. The van der Waals surface area contributed by atoms with E-state index >= 15 is 0 Å². The molecule has 3 aromatic rings. The van der Waals surface area contributed by atoms with Crippen molar-refractivity contribution in [2.24, 2.45) is 5.73 Å². The van der Waals surface area contributed by atoms with Crippen molar-refractivity contribution >= 4 is 28.7 Å². The smallest absolute Gasteiger partial charge is 0.250 e. The normalized spacial score (nSPS) is 10.3. The van der Waals surface area contributed by atoms with Crippen molar-refractivity contribution in [3.05, 3.63) is 84.4 Å². The number of rotatable bonds is 4. The van der Waals surface area contributed by atoms with Crippen LogP contribution in [0.4, 0.5) is 22.7 Å². The molecule has 0 saturated carbocycles. The van der Waals surface area contributed by atoms with Gasteiger partial charge in [0.2, 0.25) is 0 Å². The molecule has 0 aliphatic carbocycles. The number of nitrogen functional groups attached to an aromatic ring is 1. The zero-order valence-corrected chi connectivity index (χ0v) is 12.5. The minimum absolute atomic E-state index is 0.329. The summed E-state index contributed by atoms with van der Waals surface area (Å²) in [5.41, 5.74) is 14.9. The van der Waals surface area contributed by atoms with Crippen molar-refractivity contribution in [3.8, 4) is 0 Å². The Bertz CT molecular complexity index is 777. The van der Waals surface area contributed by atoms with Gasteiger partial charge in [0, 0.05) is 22.7 Å². The first kappa shape index (κ1) is 14.7. The van der Waals surface area contributed by atoms with Crippen LogP contribution in [0.1, 0.15) is 10.4 Å². The number of hydrogen-bond donors (Lipinski definition) is 2. The summed E-state index contributed by atoms with van der Waals surface area (Å²) in [6.45, 7) is 0. The Labute approximate surface area is 135 Å². The summed E-state index contributed by atoms with van der Waals surface area (Å²) in [5.74, 6) is -0.528. The third kappa shape index (κ3) is 3.01. The average Bonchev–Trinajstić information content (AvgIpc) is 2.57. The fourth-order valence-electron chi connectivity index (χ4n) is 2.51. The molecule has 3 aromatic carbocycles. The maximum atomic E-state index is 11.4. The van der Waals surface area contributed by atoms with E-state index in [9.17, 15) is 4.79 Å². The number of benzene rings is 3. The molecule has 0 spiro atoms. The minimum Gasteiger partial charge on any atom is -0.398 e. The van der Waals surface area contributed by atoms with Crippen LogP contribution >= 0.6 is 0 Å². The molecular weight excluding hydrogens is 286 g/mol. The SMILES string of the molecule is NC(=O)c1ccc(N(c2ccccc2)c2ccccc2)cc1N. The van der Waals surface area contributed by atoms with Crippen molar-refractivity contribution in [2.45, 2.75) is 0 Å². The first-order chi connectivity index (χ1) is 11.2. The van der Waals surface area contributed by atoms with E-state index in [0.717, 1.165) is 17.1 Å². The van der Waals surface area contributed by atoms with Gasteiger partial charge in [-0.25, -0.2) is 0 Å². The quantitative estimate of drug-likeness (QED) is 0.719. The monoisotopic (exact) mass is 303 g/mol. The zero-order chi connectivity index (χ0) is 16.2. The summed E-state index contributed by atoms with van der Waals surface area (Å²) < 4.78 is 0. The molecule has 0 aromatic heterocycles. The van der Waals surface area contributed by atoms with E-state index in [1.165, 1.54) is 0 Å². The molecule has 0 aliphatic rings. The topological polar surface area (TPSA) is 72.4 Å². The number of anilines is 4. The Morgan fingerprint density at radius 2 is 1.26 bits per heavy atom. The van der Waals surface area contributed by atoms with Crippen LogP contribution in [-0.4, -0.2) is 5.91 Å². The highest BCUT2D eigenvalue weighted by atomic mass is 16.1. The van der Waals surface area contributed by atoms with E-state index in [1.54, 1.807) is 12.1 Å². The molecule has 3 rings (SSSR count). The molecule has 0 heterocycles. The second-order valence-electron chi connectivity index (χ2n) is 5.14. The van der Waals surface area contributed by atoms with Crippen LogP contribution in [-0.2, 0) is 0 Å². The molecule has 0 atom stereocenters. The lowest BCUT2D eigenvalue weighted by atomic mass is 10.1. The van der Waals surface area contributed by atoms with Crippen molar-refractivity contribution < 1.29 is 4.79 Å². The first-order valence-electron chi connectivity index (χ1n) is 7.26. The lowest BCUT2D eigenvalue weighted by molar-refractivity contribution is 0.100. The van der Waals surface area contributed by atoms with Crippen molar-refractivity contribution in [1.29, 1.82) is 0 Å². The number of para-hydroxylation sites is 2. The molecule has 23 heavy (non-hydrogen) atoms. The molecule has 0 fully saturated rings. The van der Waals surface area contributed by atoms with E-state index < -0.39 is 5.91 Å². The van der Waals surface area contributed by atoms with E-state index in [-0.39, 0.29) is 0 Å². The molecule has 4 N–H and O–H groups in total. The van der Waals surface area contributed by atoms with Gasteiger partial charge in [-0.1, -0.05) is 36.4 Å². The molecule has 0 unspecified atom stereocenters. The van der Waals surface area contributed by atoms with Crippen LogP contribution in [0, 0.1) is 0 Å². The molecule has 0 bridgehead atoms. The maximum absolute atomic E-state index is 11.4. The summed E-state index contributed by atoms with van der Waals surface area (Å²) in [5, 5.41) is 0. The highest BCUT2D eigenvalue weighted by molar-refractivity contribution is 5.99. The molecule has 4 nitrogen and oxygen atoms in total. The third-order valence-corrected chi connectivity index (χ3v) is 3.59. The van der Waals surface area contributed by atoms with E-state index in [1.807, 2.05) is 66.7 Å². The lowest BCUT2D eigenvalue weighted by Crippen LogP contribution is -2.15. The molecular formula is C19H17N3O. The van der Waals surface area contributed by atoms with E-state index in [0.29, 0.717) is 11.3 Å². The average molecular weight is 303 g/mol. The fourth-order valence-corrected chi connectivity index (χ4v) is 2.51. The van der Waals surface area contributed by atoms with E-state index in [2.05, 4.69) is 4.90 Å². The van der Waals surface area contributed by atoms with Gasteiger partial charge in [-0.2, -0.15) is 0 Å². The number of carbonyl (C=O) groups excluding carboxylic acids is 1. The Morgan fingerprint density at radius 3 is 1.70 bits per heavy atom. The largest absolute Gasteiger partial charge is 0.398 e. The predicted octanol–water partition coefficient (Wildman–Crippen LogP) is 3.84.